The minimum Gasteiger partial charge on any atom is -0.334 e. The summed E-state index contributed by atoms with van der Waals surface area (Å²) < 4.78 is 15.8. The van der Waals surface area contributed by atoms with Crippen molar-refractivity contribution < 1.29 is 9.18 Å². The maximum Gasteiger partial charge on any atom is 0.319 e. The van der Waals surface area contributed by atoms with E-state index in [1.54, 1.807) is 17.1 Å². The summed E-state index contributed by atoms with van der Waals surface area (Å²) >= 11 is 3.22. The molecule has 0 fully saturated rings. The summed E-state index contributed by atoms with van der Waals surface area (Å²) in [5.41, 5.74) is 0.116. The Kier molecular flexibility index (Phi) is 4.67. The molecule has 1 aromatic carbocycles. The number of hydrogen-bond acceptors (Lipinski definition) is 3. The Labute approximate surface area is 123 Å². The molecule has 0 unspecified atom stereocenters. The lowest BCUT2D eigenvalue weighted by Gasteiger charge is -2.14. The Hall–Kier alpha value is -1.96. The molecular formula is C12H13BrFN5O. The standard InChI is InChI=1S/C12H13BrFN5O/c1-8(5-19-7-15-6-16-19)17-12(20)18-11-4-9(13)2-3-10(11)14/h2-4,6-8H,5H2,1H3,(H2,17,18,20)/t8-/m1/s1. The molecule has 0 aliphatic rings. The number of carbonyl (C=O) groups is 1. The first kappa shape index (κ1) is 14.4. The number of aromatic nitrogens is 3. The first-order chi connectivity index (χ1) is 9.54. The summed E-state index contributed by atoms with van der Waals surface area (Å²) in [6, 6.07) is 3.68. The average molecular weight is 342 g/mol. The van der Waals surface area contributed by atoms with Gasteiger partial charge in [-0.15, -0.1) is 0 Å². The molecule has 2 aromatic rings. The summed E-state index contributed by atoms with van der Waals surface area (Å²) in [6.07, 6.45) is 2.98. The molecule has 0 bridgehead atoms. The van der Waals surface area contributed by atoms with Crippen molar-refractivity contribution >= 4 is 27.6 Å². The number of carbonyl (C=O) groups excluding carboxylic acids is 1. The third-order valence-electron chi connectivity index (χ3n) is 2.48. The van der Waals surface area contributed by atoms with Gasteiger partial charge in [-0.05, 0) is 25.1 Å². The molecule has 2 amide bonds. The molecule has 0 saturated heterocycles. The van der Waals surface area contributed by atoms with E-state index in [1.165, 1.54) is 18.5 Å². The van der Waals surface area contributed by atoms with Gasteiger partial charge in [0.2, 0.25) is 0 Å². The third kappa shape index (κ3) is 4.02. The number of nitrogens with one attached hydrogen (secondary N) is 2. The van der Waals surface area contributed by atoms with Gasteiger partial charge in [0.1, 0.15) is 18.5 Å². The van der Waals surface area contributed by atoms with Crippen LogP contribution in [0.2, 0.25) is 0 Å². The molecular weight excluding hydrogens is 329 g/mol. The van der Waals surface area contributed by atoms with Gasteiger partial charge >= 0.3 is 6.03 Å². The Bertz CT molecular complexity index is 590. The highest BCUT2D eigenvalue weighted by Gasteiger charge is 2.11. The van der Waals surface area contributed by atoms with Gasteiger partial charge in [0.25, 0.3) is 0 Å². The Balaban J connectivity index is 1.90. The van der Waals surface area contributed by atoms with Crippen molar-refractivity contribution in [3.05, 3.63) is 41.1 Å². The van der Waals surface area contributed by atoms with Crippen LogP contribution in [-0.4, -0.2) is 26.8 Å². The van der Waals surface area contributed by atoms with E-state index in [-0.39, 0.29) is 11.7 Å². The molecule has 0 saturated carbocycles. The van der Waals surface area contributed by atoms with Gasteiger partial charge in [-0.3, -0.25) is 4.68 Å². The van der Waals surface area contributed by atoms with Crippen molar-refractivity contribution in [3.8, 4) is 0 Å². The zero-order valence-electron chi connectivity index (χ0n) is 10.7. The lowest BCUT2D eigenvalue weighted by atomic mass is 10.3. The molecule has 0 spiro atoms. The van der Waals surface area contributed by atoms with E-state index in [1.807, 2.05) is 6.92 Å². The highest BCUT2D eigenvalue weighted by Crippen LogP contribution is 2.19. The molecule has 0 radical (unpaired) electrons. The van der Waals surface area contributed by atoms with Gasteiger partial charge in [-0.2, -0.15) is 5.10 Å². The number of anilines is 1. The van der Waals surface area contributed by atoms with Crippen molar-refractivity contribution in [2.75, 3.05) is 5.32 Å². The molecule has 6 nitrogen and oxygen atoms in total. The molecule has 106 valence electrons. The van der Waals surface area contributed by atoms with Crippen LogP contribution < -0.4 is 10.6 Å². The quantitative estimate of drug-likeness (QED) is 0.896. The van der Waals surface area contributed by atoms with E-state index in [9.17, 15) is 9.18 Å². The zero-order chi connectivity index (χ0) is 14.5. The predicted octanol–water partition coefficient (Wildman–Crippen LogP) is 2.39. The van der Waals surface area contributed by atoms with Gasteiger partial charge in [-0.25, -0.2) is 14.2 Å². The van der Waals surface area contributed by atoms with Gasteiger partial charge in [0.05, 0.1) is 12.2 Å². The fraction of sp³-hybridized carbons (Fsp3) is 0.250. The van der Waals surface area contributed by atoms with Gasteiger partial charge in [0, 0.05) is 10.5 Å². The van der Waals surface area contributed by atoms with Crippen LogP contribution in [0.25, 0.3) is 0 Å². The van der Waals surface area contributed by atoms with Crippen LogP contribution in [0, 0.1) is 5.82 Å². The van der Waals surface area contributed by atoms with Crippen molar-refractivity contribution in [3.63, 3.8) is 0 Å². The lowest BCUT2D eigenvalue weighted by Crippen LogP contribution is -2.38. The molecule has 1 aromatic heterocycles. The lowest BCUT2D eigenvalue weighted by molar-refractivity contribution is 0.247. The fourth-order valence-electron chi connectivity index (χ4n) is 1.63. The molecule has 2 N–H and O–H groups in total. The van der Waals surface area contributed by atoms with E-state index in [0.29, 0.717) is 11.0 Å². The van der Waals surface area contributed by atoms with Gasteiger partial charge in [0.15, 0.2) is 0 Å². The van der Waals surface area contributed by atoms with E-state index in [4.69, 9.17) is 0 Å². The van der Waals surface area contributed by atoms with Crippen molar-refractivity contribution in [2.45, 2.75) is 19.5 Å². The molecule has 8 heteroatoms. The maximum atomic E-state index is 13.5. The average Bonchev–Trinajstić information content (AvgIpc) is 2.86. The SMILES string of the molecule is C[C@H](Cn1cncn1)NC(=O)Nc1cc(Br)ccc1F. The summed E-state index contributed by atoms with van der Waals surface area (Å²) in [5.74, 6) is -0.493. The van der Waals surface area contributed by atoms with E-state index in [2.05, 4.69) is 36.6 Å². The second-order valence-corrected chi connectivity index (χ2v) is 5.16. The van der Waals surface area contributed by atoms with Crippen molar-refractivity contribution in [1.29, 1.82) is 0 Å². The fourth-order valence-corrected chi connectivity index (χ4v) is 1.99. The van der Waals surface area contributed by atoms with Crippen LogP contribution in [-0.2, 0) is 6.54 Å². The second kappa shape index (κ2) is 6.47. The molecule has 0 aliphatic heterocycles. The van der Waals surface area contributed by atoms with Crippen molar-refractivity contribution in [1.82, 2.24) is 20.1 Å². The minimum atomic E-state index is -0.493. The smallest absolute Gasteiger partial charge is 0.319 e. The summed E-state index contributed by atoms with van der Waals surface area (Å²) in [6.45, 7) is 2.30. The number of rotatable bonds is 4. The third-order valence-corrected chi connectivity index (χ3v) is 2.97. The number of benzene rings is 1. The number of amides is 2. The van der Waals surface area contributed by atoms with Crippen LogP contribution in [0.15, 0.2) is 35.3 Å². The maximum absolute atomic E-state index is 13.5. The Morgan fingerprint density at radius 2 is 2.35 bits per heavy atom. The molecule has 1 heterocycles. The van der Waals surface area contributed by atoms with Crippen LogP contribution in [0.3, 0.4) is 0 Å². The highest BCUT2D eigenvalue weighted by atomic mass is 79.9. The first-order valence-electron chi connectivity index (χ1n) is 5.89. The number of nitrogens with zero attached hydrogens (tertiary/aromatic N) is 3. The number of halogens is 2. The molecule has 2 rings (SSSR count). The molecule has 20 heavy (non-hydrogen) atoms. The van der Waals surface area contributed by atoms with Gasteiger partial charge in [-0.1, -0.05) is 15.9 Å². The van der Waals surface area contributed by atoms with E-state index < -0.39 is 11.8 Å². The van der Waals surface area contributed by atoms with E-state index >= 15 is 0 Å². The second-order valence-electron chi connectivity index (χ2n) is 4.24. The first-order valence-corrected chi connectivity index (χ1v) is 6.69. The molecule has 1 atom stereocenters. The van der Waals surface area contributed by atoms with E-state index in [0.717, 1.165) is 0 Å². The topological polar surface area (TPSA) is 71.8 Å². The Morgan fingerprint density at radius 1 is 1.55 bits per heavy atom. The van der Waals surface area contributed by atoms with Gasteiger partial charge < -0.3 is 10.6 Å². The normalized spacial score (nSPS) is 11.9. The summed E-state index contributed by atoms with van der Waals surface area (Å²) in [5, 5.41) is 9.09. The summed E-state index contributed by atoms with van der Waals surface area (Å²) in [4.78, 5) is 15.6. The zero-order valence-corrected chi connectivity index (χ0v) is 12.3. The minimum absolute atomic E-state index is 0.116. The number of hydrogen-bond donors (Lipinski definition) is 2. The molecule has 0 aliphatic carbocycles. The van der Waals surface area contributed by atoms with Crippen LogP contribution >= 0.6 is 15.9 Å². The largest absolute Gasteiger partial charge is 0.334 e. The summed E-state index contributed by atoms with van der Waals surface area (Å²) in [7, 11) is 0. The van der Waals surface area contributed by atoms with Crippen molar-refractivity contribution in [2.24, 2.45) is 0 Å². The van der Waals surface area contributed by atoms with Crippen LogP contribution in [0.1, 0.15) is 6.92 Å². The number of urea groups is 1. The highest BCUT2D eigenvalue weighted by molar-refractivity contribution is 9.10. The van der Waals surface area contributed by atoms with Crippen LogP contribution in [0.4, 0.5) is 14.9 Å². The monoisotopic (exact) mass is 341 g/mol. The predicted molar refractivity (Wildman–Crippen MR) is 75.7 cm³/mol. The van der Waals surface area contributed by atoms with Crippen LogP contribution in [0.5, 0.6) is 0 Å². The Morgan fingerprint density at radius 3 is 3.05 bits per heavy atom.